The Morgan fingerprint density at radius 3 is 2.30 bits per heavy atom. The molecule has 0 fully saturated rings. The van der Waals surface area contributed by atoms with Crippen molar-refractivity contribution in [3.63, 3.8) is 0 Å². The largest absolute Gasteiger partial charge is 0.495 e. The molecule has 0 amide bonds. The summed E-state index contributed by atoms with van der Waals surface area (Å²) in [5.41, 5.74) is 1.68. The highest BCUT2D eigenvalue weighted by atomic mass is 35.5. The van der Waals surface area contributed by atoms with Gasteiger partial charge < -0.3 is 4.74 Å². The molecule has 0 heterocycles. The summed E-state index contributed by atoms with van der Waals surface area (Å²) in [6.45, 7) is 1.87. The van der Waals surface area contributed by atoms with Crippen LogP contribution in [0.4, 0.5) is 0 Å². The maximum atomic E-state index is 12.4. The van der Waals surface area contributed by atoms with Gasteiger partial charge in [0.2, 0.25) is 0 Å². The van der Waals surface area contributed by atoms with E-state index in [0.29, 0.717) is 26.9 Å². The van der Waals surface area contributed by atoms with Gasteiger partial charge in [-0.15, -0.1) is 0 Å². The van der Waals surface area contributed by atoms with Gasteiger partial charge in [-0.3, -0.25) is 4.79 Å². The van der Waals surface area contributed by atoms with Gasteiger partial charge in [-0.2, -0.15) is 0 Å². The van der Waals surface area contributed by atoms with Crippen molar-refractivity contribution in [2.45, 2.75) is 6.92 Å². The van der Waals surface area contributed by atoms with Crippen LogP contribution in [-0.4, -0.2) is 12.9 Å². The van der Waals surface area contributed by atoms with Gasteiger partial charge in [-0.05, 0) is 24.6 Å². The van der Waals surface area contributed by atoms with Gasteiger partial charge >= 0.3 is 0 Å². The van der Waals surface area contributed by atoms with Crippen LogP contribution in [0.25, 0.3) is 0 Å². The Kier molecular flexibility index (Phi) is 4.59. The van der Waals surface area contributed by atoms with E-state index in [4.69, 9.17) is 39.5 Å². The van der Waals surface area contributed by atoms with E-state index in [2.05, 4.69) is 0 Å². The maximum Gasteiger partial charge on any atom is 0.194 e. The van der Waals surface area contributed by atoms with Gasteiger partial charge in [0, 0.05) is 22.2 Å². The summed E-state index contributed by atoms with van der Waals surface area (Å²) in [5, 5.41) is 1.15. The lowest BCUT2D eigenvalue weighted by molar-refractivity contribution is 0.103. The Labute approximate surface area is 132 Å². The normalized spacial score (nSPS) is 10.4. The number of halogens is 3. The number of benzene rings is 2. The van der Waals surface area contributed by atoms with Crippen molar-refractivity contribution >= 4 is 40.6 Å². The predicted molar refractivity (Wildman–Crippen MR) is 82.6 cm³/mol. The molecule has 0 spiro atoms. The second kappa shape index (κ2) is 6.04. The maximum absolute atomic E-state index is 12.4. The van der Waals surface area contributed by atoms with Gasteiger partial charge in [-0.25, -0.2) is 0 Å². The Balaban J connectivity index is 2.48. The van der Waals surface area contributed by atoms with Crippen molar-refractivity contribution in [1.82, 2.24) is 0 Å². The van der Waals surface area contributed by atoms with Crippen LogP contribution >= 0.6 is 34.8 Å². The number of ketones is 1. The molecule has 0 aromatic heterocycles. The molecule has 0 unspecified atom stereocenters. The highest BCUT2D eigenvalue weighted by molar-refractivity contribution is 6.38. The van der Waals surface area contributed by atoms with Gasteiger partial charge in [0.25, 0.3) is 0 Å². The summed E-state index contributed by atoms with van der Waals surface area (Å²) in [6, 6.07) is 8.13. The first-order valence-electron chi connectivity index (χ1n) is 5.78. The first-order chi connectivity index (χ1) is 9.43. The monoisotopic (exact) mass is 328 g/mol. The van der Waals surface area contributed by atoms with Crippen molar-refractivity contribution in [3.8, 4) is 5.75 Å². The molecule has 0 N–H and O–H groups in total. The number of ether oxygens (including phenoxy) is 1. The fourth-order valence-electron chi connectivity index (χ4n) is 1.75. The second-order valence-corrected chi connectivity index (χ2v) is 5.48. The molecule has 2 nitrogen and oxygen atoms in total. The molecule has 2 aromatic rings. The van der Waals surface area contributed by atoms with E-state index in [1.807, 2.05) is 6.92 Å². The Morgan fingerprint density at radius 2 is 1.70 bits per heavy atom. The minimum atomic E-state index is -0.235. The molecule has 0 aliphatic rings. The molecule has 0 aliphatic heterocycles. The first-order valence-corrected chi connectivity index (χ1v) is 6.91. The van der Waals surface area contributed by atoms with Crippen LogP contribution < -0.4 is 4.74 Å². The van der Waals surface area contributed by atoms with Crippen molar-refractivity contribution in [3.05, 3.63) is 62.1 Å². The van der Waals surface area contributed by atoms with E-state index in [0.717, 1.165) is 5.56 Å². The average molecular weight is 330 g/mol. The number of hydrogen-bond donors (Lipinski definition) is 0. The van der Waals surface area contributed by atoms with Crippen LogP contribution in [0, 0.1) is 6.92 Å². The average Bonchev–Trinajstić information content (AvgIpc) is 2.43. The summed E-state index contributed by atoms with van der Waals surface area (Å²) >= 11 is 18.2. The molecule has 0 radical (unpaired) electrons. The molecule has 0 aliphatic carbocycles. The highest BCUT2D eigenvalue weighted by Crippen LogP contribution is 2.32. The number of carbonyl (C=O) groups excluding carboxylic acids is 1. The molecule has 0 bridgehead atoms. The van der Waals surface area contributed by atoms with E-state index >= 15 is 0 Å². The van der Waals surface area contributed by atoms with Gasteiger partial charge in [-0.1, -0.05) is 46.9 Å². The fraction of sp³-hybridized carbons (Fsp3) is 0.133. The standard InChI is InChI=1S/C15H11Cl3O2/c1-8-3-4-9(5-11(8)16)15(19)10-6-13(18)14(20-2)7-12(10)17/h3-7H,1-2H3. The predicted octanol–water partition coefficient (Wildman–Crippen LogP) is 5.19. The molecule has 0 atom stereocenters. The van der Waals surface area contributed by atoms with E-state index in [1.165, 1.54) is 19.2 Å². The van der Waals surface area contributed by atoms with Crippen LogP contribution in [0.5, 0.6) is 5.75 Å². The smallest absolute Gasteiger partial charge is 0.194 e. The van der Waals surface area contributed by atoms with Crippen LogP contribution in [0.1, 0.15) is 21.5 Å². The van der Waals surface area contributed by atoms with Crippen molar-refractivity contribution < 1.29 is 9.53 Å². The van der Waals surface area contributed by atoms with Gasteiger partial charge in [0.1, 0.15) is 5.75 Å². The van der Waals surface area contributed by atoms with Crippen LogP contribution in [0.2, 0.25) is 15.1 Å². The lowest BCUT2D eigenvalue weighted by atomic mass is 10.0. The number of methoxy groups -OCH3 is 1. The van der Waals surface area contributed by atoms with Crippen LogP contribution in [-0.2, 0) is 0 Å². The molecule has 5 heteroatoms. The summed E-state index contributed by atoms with van der Waals surface area (Å²) in [5.74, 6) is 0.191. The van der Waals surface area contributed by atoms with E-state index in [-0.39, 0.29) is 10.8 Å². The quantitative estimate of drug-likeness (QED) is 0.724. The van der Waals surface area contributed by atoms with Gasteiger partial charge in [0.05, 0.1) is 17.2 Å². The minimum Gasteiger partial charge on any atom is -0.495 e. The Hall–Kier alpha value is -1.22. The molecule has 2 aromatic carbocycles. The van der Waals surface area contributed by atoms with Crippen molar-refractivity contribution in [1.29, 1.82) is 0 Å². The minimum absolute atomic E-state index is 0.235. The fourth-order valence-corrected chi connectivity index (χ4v) is 2.41. The zero-order chi connectivity index (χ0) is 14.9. The molecule has 20 heavy (non-hydrogen) atoms. The molecular weight excluding hydrogens is 319 g/mol. The number of carbonyl (C=O) groups is 1. The third-order valence-corrected chi connectivity index (χ3v) is 3.94. The Morgan fingerprint density at radius 1 is 1.00 bits per heavy atom. The van der Waals surface area contributed by atoms with Crippen molar-refractivity contribution in [2.24, 2.45) is 0 Å². The third-order valence-electron chi connectivity index (χ3n) is 2.92. The number of aryl methyl sites for hydroxylation is 1. The lowest BCUT2D eigenvalue weighted by Gasteiger charge is -2.09. The van der Waals surface area contributed by atoms with Crippen LogP contribution in [0.15, 0.2) is 30.3 Å². The van der Waals surface area contributed by atoms with E-state index in [1.54, 1.807) is 18.2 Å². The number of rotatable bonds is 3. The molecule has 2 rings (SSSR count). The third kappa shape index (κ3) is 2.93. The second-order valence-electron chi connectivity index (χ2n) is 4.26. The zero-order valence-corrected chi connectivity index (χ0v) is 13.1. The van der Waals surface area contributed by atoms with Crippen molar-refractivity contribution in [2.75, 3.05) is 7.11 Å². The SMILES string of the molecule is COc1cc(Cl)c(C(=O)c2ccc(C)c(Cl)c2)cc1Cl. The molecule has 0 saturated heterocycles. The molecule has 104 valence electrons. The molecule has 0 saturated carbocycles. The summed E-state index contributed by atoms with van der Waals surface area (Å²) in [4.78, 5) is 12.4. The van der Waals surface area contributed by atoms with Crippen LogP contribution in [0.3, 0.4) is 0 Å². The topological polar surface area (TPSA) is 26.3 Å². The van der Waals surface area contributed by atoms with E-state index < -0.39 is 0 Å². The zero-order valence-electron chi connectivity index (χ0n) is 10.8. The lowest BCUT2D eigenvalue weighted by Crippen LogP contribution is -2.03. The Bertz CT molecular complexity index is 681. The summed E-state index contributed by atoms with van der Waals surface area (Å²) < 4.78 is 5.05. The number of hydrogen-bond acceptors (Lipinski definition) is 2. The summed E-state index contributed by atoms with van der Waals surface area (Å²) in [6.07, 6.45) is 0. The summed E-state index contributed by atoms with van der Waals surface area (Å²) in [7, 11) is 1.48. The first kappa shape index (κ1) is 15.2. The highest BCUT2D eigenvalue weighted by Gasteiger charge is 2.16. The van der Waals surface area contributed by atoms with E-state index in [9.17, 15) is 4.79 Å². The van der Waals surface area contributed by atoms with Gasteiger partial charge in [0.15, 0.2) is 5.78 Å². The molecular formula is C15H11Cl3O2.